The van der Waals surface area contributed by atoms with Crippen LogP contribution in [0.25, 0.3) is 0 Å². The van der Waals surface area contributed by atoms with Gasteiger partial charge in [-0.3, -0.25) is 9.59 Å². The smallest absolute Gasteiger partial charge is 0.242 e. The lowest BCUT2D eigenvalue weighted by Gasteiger charge is -2.28. The lowest BCUT2D eigenvalue weighted by Crippen LogP contribution is -2.47. The number of hydrogen-bond donors (Lipinski definition) is 1. The van der Waals surface area contributed by atoms with Gasteiger partial charge in [0, 0.05) is 18.6 Å². The number of halogens is 1. The number of carbonyl (C=O) groups excluding carboxylic acids is 2. The summed E-state index contributed by atoms with van der Waals surface area (Å²) in [5.74, 6) is -0.300. The zero-order valence-electron chi connectivity index (χ0n) is 14.8. The number of likely N-dealkylation sites (N-methyl/N-ethyl adjacent to an activating group) is 1. The van der Waals surface area contributed by atoms with Gasteiger partial charge in [0.2, 0.25) is 11.8 Å². The third-order valence-electron chi connectivity index (χ3n) is 4.13. The predicted molar refractivity (Wildman–Crippen MR) is 100 cm³/mol. The average Bonchev–Trinajstić information content (AvgIpc) is 2.59. The summed E-state index contributed by atoms with van der Waals surface area (Å²) >= 11 is 6.00. The van der Waals surface area contributed by atoms with Crippen molar-refractivity contribution in [3.63, 3.8) is 0 Å². The minimum Gasteiger partial charge on any atom is -0.357 e. The number of benzene rings is 2. The van der Waals surface area contributed by atoms with E-state index in [0.717, 1.165) is 16.7 Å². The zero-order chi connectivity index (χ0) is 18.4. The molecule has 2 rings (SSSR count). The first-order valence-corrected chi connectivity index (χ1v) is 8.59. The van der Waals surface area contributed by atoms with Crippen molar-refractivity contribution in [2.45, 2.75) is 32.9 Å². The Bertz CT molecular complexity index is 744. The Balaban J connectivity index is 2.21. The summed E-state index contributed by atoms with van der Waals surface area (Å²) < 4.78 is 0. The van der Waals surface area contributed by atoms with E-state index in [-0.39, 0.29) is 18.2 Å². The molecule has 5 heteroatoms. The molecular weight excluding hydrogens is 336 g/mol. The number of hydrogen-bond acceptors (Lipinski definition) is 2. The highest BCUT2D eigenvalue weighted by molar-refractivity contribution is 6.30. The first-order chi connectivity index (χ1) is 11.9. The summed E-state index contributed by atoms with van der Waals surface area (Å²) in [5.41, 5.74) is 2.97. The van der Waals surface area contributed by atoms with Crippen molar-refractivity contribution >= 4 is 23.4 Å². The molecule has 2 aromatic carbocycles. The number of aryl methyl sites for hydroxylation is 1. The largest absolute Gasteiger partial charge is 0.357 e. The molecule has 0 radical (unpaired) electrons. The predicted octanol–water partition coefficient (Wildman–Crippen LogP) is 3.35. The van der Waals surface area contributed by atoms with Gasteiger partial charge < -0.3 is 10.2 Å². The Morgan fingerprint density at radius 2 is 1.80 bits per heavy atom. The van der Waals surface area contributed by atoms with Crippen LogP contribution in [0.2, 0.25) is 5.02 Å². The number of rotatable bonds is 6. The van der Waals surface area contributed by atoms with Crippen molar-refractivity contribution in [3.8, 4) is 0 Å². The van der Waals surface area contributed by atoms with E-state index in [9.17, 15) is 9.59 Å². The quantitative estimate of drug-likeness (QED) is 0.860. The van der Waals surface area contributed by atoms with Crippen LogP contribution in [0.4, 0.5) is 0 Å². The number of nitrogens with zero attached hydrogens (tertiary/aromatic N) is 1. The van der Waals surface area contributed by atoms with Crippen molar-refractivity contribution in [2.24, 2.45) is 0 Å². The van der Waals surface area contributed by atoms with Gasteiger partial charge in [-0.1, -0.05) is 53.6 Å². The van der Waals surface area contributed by atoms with Crippen molar-refractivity contribution in [3.05, 3.63) is 70.2 Å². The third kappa shape index (κ3) is 5.33. The summed E-state index contributed by atoms with van der Waals surface area (Å²) in [6.07, 6.45) is 0.202. The van der Waals surface area contributed by atoms with E-state index < -0.39 is 6.04 Å². The van der Waals surface area contributed by atoms with Gasteiger partial charge in [0.05, 0.1) is 6.42 Å². The van der Waals surface area contributed by atoms with Crippen molar-refractivity contribution in [1.29, 1.82) is 0 Å². The Labute approximate surface area is 153 Å². The molecule has 0 saturated carbocycles. The molecule has 4 nitrogen and oxygen atoms in total. The van der Waals surface area contributed by atoms with Crippen molar-refractivity contribution in [2.75, 3.05) is 7.05 Å². The van der Waals surface area contributed by atoms with E-state index >= 15 is 0 Å². The first kappa shape index (κ1) is 19.0. The second kappa shape index (κ2) is 8.67. The Kier molecular flexibility index (Phi) is 6.59. The summed E-state index contributed by atoms with van der Waals surface area (Å²) in [4.78, 5) is 26.5. The summed E-state index contributed by atoms with van der Waals surface area (Å²) in [5, 5.41) is 3.21. The maximum atomic E-state index is 12.9. The minimum absolute atomic E-state index is 0.112. The first-order valence-electron chi connectivity index (χ1n) is 8.21. The van der Waals surface area contributed by atoms with E-state index in [1.165, 1.54) is 0 Å². The van der Waals surface area contributed by atoms with Gasteiger partial charge in [0.1, 0.15) is 6.04 Å². The molecule has 0 spiro atoms. The summed E-state index contributed by atoms with van der Waals surface area (Å²) in [7, 11) is 1.57. The number of nitrogens with one attached hydrogen (secondary N) is 1. The molecule has 0 heterocycles. The van der Waals surface area contributed by atoms with E-state index in [4.69, 9.17) is 11.6 Å². The molecule has 0 saturated heterocycles. The van der Waals surface area contributed by atoms with Crippen LogP contribution in [0.3, 0.4) is 0 Å². The Morgan fingerprint density at radius 3 is 2.40 bits per heavy atom. The standard InChI is InChI=1S/C20H23ClN2O2/c1-14-7-9-16(10-8-14)13-23(15(2)20(25)22-3)19(24)12-17-5-4-6-18(21)11-17/h4-11,15H,12-13H2,1-3H3,(H,22,25). The molecule has 2 amide bonds. The van der Waals surface area contributed by atoms with Gasteiger partial charge in [-0.05, 0) is 37.1 Å². The molecule has 25 heavy (non-hydrogen) atoms. The van der Waals surface area contributed by atoms with Crippen molar-refractivity contribution < 1.29 is 9.59 Å². The number of amides is 2. The molecule has 1 N–H and O–H groups in total. The molecule has 2 aromatic rings. The van der Waals surface area contributed by atoms with E-state index in [0.29, 0.717) is 11.6 Å². The molecule has 0 aliphatic carbocycles. The van der Waals surface area contributed by atoms with Gasteiger partial charge in [-0.15, -0.1) is 0 Å². The SMILES string of the molecule is CNC(=O)C(C)N(Cc1ccc(C)cc1)C(=O)Cc1cccc(Cl)c1. The van der Waals surface area contributed by atoms with Crippen LogP contribution in [-0.4, -0.2) is 29.8 Å². The van der Waals surface area contributed by atoms with Crippen LogP contribution >= 0.6 is 11.6 Å². The normalized spacial score (nSPS) is 11.7. The average molecular weight is 359 g/mol. The molecule has 0 fully saturated rings. The van der Waals surface area contributed by atoms with Gasteiger partial charge in [0.15, 0.2) is 0 Å². The molecule has 0 aliphatic rings. The maximum absolute atomic E-state index is 12.9. The third-order valence-corrected chi connectivity index (χ3v) is 4.37. The highest BCUT2D eigenvalue weighted by atomic mass is 35.5. The number of carbonyl (C=O) groups is 2. The highest BCUT2D eigenvalue weighted by Crippen LogP contribution is 2.15. The van der Waals surface area contributed by atoms with Crippen LogP contribution in [0.15, 0.2) is 48.5 Å². The fraction of sp³-hybridized carbons (Fsp3) is 0.300. The molecular formula is C20H23ClN2O2. The van der Waals surface area contributed by atoms with Crippen LogP contribution < -0.4 is 5.32 Å². The zero-order valence-corrected chi connectivity index (χ0v) is 15.5. The monoisotopic (exact) mass is 358 g/mol. The topological polar surface area (TPSA) is 49.4 Å². The molecule has 1 atom stereocenters. The second-order valence-corrected chi connectivity index (χ2v) is 6.54. The van der Waals surface area contributed by atoms with Crippen LogP contribution in [-0.2, 0) is 22.6 Å². The second-order valence-electron chi connectivity index (χ2n) is 6.10. The lowest BCUT2D eigenvalue weighted by molar-refractivity contribution is -0.139. The fourth-order valence-electron chi connectivity index (χ4n) is 2.60. The van der Waals surface area contributed by atoms with Gasteiger partial charge in [0.25, 0.3) is 0 Å². The lowest BCUT2D eigenvalue weighted by atomic mass is 10.1. The fourth-order valence-corrected chi connectivity index (χ4v) is 2.82. The molecule has 1 unspecified atom stereocenters. The summed E-state index contributed by atoms with van der Waals surface area (Å²) in [6, 6.07) is 14.6. The van der Waals surface area contributed by atoms with E-state index in [1.807, 2.05) is 43.3 Å². The van der Waals surface area contributed by atoms with E-state index in [2.05, 4.69) is 5.32 Å². The van der Waals surface area contributed by atoms with Crippen molar-refractivity contribution in [1.82, 2.24) is 10.2 Å². The highest BCUT2D eigenvalue weighted by Gasteiger charge is 2.25. The van der Waals surface area contributed by atoms with Gasteiger partial charge in [-0.25, -0.2) is 0 Å². The molecule has 0 aliphatic heterocycles. The van der Waals surface area contributed by atoms with Crippen LogP contribution in [0, 0.1) is 6.92 Å². The molecule has 0 aromatic heterocycles. The Hall–Kier alpha value is -2.33. The Morgan fingerprint density at radius 1 is 1.12 bits per heavy atom. The van der Waals surface area contributed by atoms with E-state index in [1.54, 1.807) is 31.0 Å². The van der Waals surface area contributed by atoms with Gasteiger partial charge >= 0.3 is 0 Å². The van der Waals surface area contributed by atoms with Gasteiger partial charge in [-0.2, -0.15) is 0 Å². The molecule has 132 valence electrons. The summed E-state index contributed by atoms with van der Waals surface area (Å²) in [6.45, 7) is 4.14. The minimum atomic E-state index is -0.557. The van der Waals surface area contributed by atoms with Crippen LogP contribution in [0.1, 0.15) is 23.6 Å². The van der Waals surface area contributed by atoms with Crippen LogP contribution in [0.5, 0.6) is 0 Å². The maximum Gasteiger partial charge on any atom is 0.242 e. The molecule has 0 bridgehead atoms.